The zero-order chi connectivity index (χ0) is 20.5. The number of amides is 3. The molecule has 0 radical (unpaired) electrons. The Morgan fingerprint density at radius 2 is 1.75 bits per heavy atom. The van der Waals surface area contributed by atoms with E-state index in [4.69, 9.17) is 11.6 Å². The summed E-state index contributed by atoms with van der Waals surface area (Å²) in [7, 11) is 0. The third kappa shape index (κ3) is 6.39. The first-order valence-corrected chi connectivity index (χ1v) is 9.52. The van der Waals surface area contributed by atoms with Gasteiger partial charge in [0.1, 0.15) is 0 Å². The number of carbonyl (C=O) groups excluding carboxylic acids is 3. The van der Waals surface area contributed by atoms with Crippen LogP contribution in [0, 0.1) is 0 Å². The molecular weight excluding hydrogens is 378 g/mol. The van der Waals surface area contributed by atoms with Gasteiger partial charge in [-0.2, -0.15) is 0 Å². The lowest BCUT2D eigenvalue weighted by molar-refractivity contribution is -0.116. The summed E-state index contributed by atoms with van der Waals surface area (Å²) in [6.07, 6.45) is 0.862. The molecule has 6 nitrogen and oxygen atoms in total. The maximum Gasteiger partial charge on any atom is 0.253 e. The van der Waals surface area contributed by atoms with Crippen LogP contribution in [0.5, 0.6) is 0 Å². The van der Waals surface area contributed by atoms with Crippen LogP contribution in [0.2, 0.25) is 5.02 Å². The highest BCUT2D eigenvalue weighted by molar-refractivity contribution is 6.31. The molecule has 0 spiro atoms. The van der Waals surface area contributed by atoms with Crippen molar-refractivity contribution in [1.29, 1.82) is 0 Å². The summed E-state index contributed by atoms with van der Waals surface area (Å²) in [4.78, 5) is 36.9. The first-order chi connectivity index (χ1) is 13.4. The van der Waals surface area contributed by atoms with E-state index in [1.165, 1.54) is 6.07 Å². The topological polar surface area (TPSA) is 87.3 Å². The van der Waals surface area contributed by atoms with E-state index in [1.807, 2.05) is 13.0 Å². The molecule has 2 aromatic carbocycles. The number of benzene rings is 2. The van der Waals surface area contributed by atoms with Crippen LogP contribution >= 0.6 is 11.6 Å². The predicted molar refractivity (Wildman–Crippen MR) is 111 cm³/mol. The van der Waals surface area contributed by atoms with Gasteiger partial charge in [0.05, 0.1) is 11.3 Å². The zero-order valence-electron chi connectivity index (χ0n) is 15.9. The summed E-state index contributed by atoms with van der Waals surface area (Å²) >= 11 is 6.01. The smallest absolute Gasteiger partial charge is 0.253 e. The number of halogens is 1. The van der Waals surface area contributed by atoms with E-state index in [1.54, 1.807) is 43.3 Å². The fraction of sp³-hybridized carbons (Fsp3) is 0.286. The van der Waals surface area contributed by atoms with Crippen molar-refractivity contribution in [2.75, 3.05) is 11.9 Å². The van der Waals surface area contributed by atoms with E-state index in [0.717, 1.165) is 6.42 Å². The van der Waals surface area contributed by atoms with Crippen LogP contribution in [0.1, 0.15) is 47.4 Å². The van der Waals surface area contributed by atoms with Gasteiger partial charge < -0.3 is 16.0 Å². The zero-order valence-corrected chi connectivity index (χ0v) is 16.7. The molecule has 28 heavy (non-hydrogen) atoms. The van der Waals surface area contributed by atoms with E-state index in [9.17, 15) is 14.4 Å². The molecule has 7 heteroatoms. The molecule has 3 amide bonds. The number of rotatable bonds is 8. The molecule has 148 valence electrons. The Morgan fingerprint density at radius 1 is 1.04 bits per heavy atom. The van der Waals surface area contributed by atoms with Crippen molar-refractivity contribution in [2.45, 2.75) is 32.7 Å². The Morgan fingerprint density at radius 3 is 2.43 bits per heavy atom. The molecule has 0 saturated heterocycles. The minimum atomic E-state index is -0.385. The normalized spacial score (nSPS) is 11.4. The quantitative estimate of drug-likeness (QED) is 0.631. The minimum Gasteiger partial charge on any atom is -0.352 e. The van der Waals surface area contributed by atoms with E-state index >= 15 is 0 Å². The maximum atomic E-state index is 12.4. The van der Waals surface area contributed by atoms with Gasteiger partial charge >= 0.3 is 0 Å². The van der Waals surface area contributed by atoms with Crippen LogP contribution < -0.4 is 16.0 Å². The van der Waals surface area contributed by atoms with Crippen molar-refractivity contribution in [3.8, 4) is 0 Å². The van der Waals surface area contributed by atoms with Crippen molar-refractivity contribution < 1.29 is 14.4 Å². The van der Waals surface area contributed by atoms with Crippen LogP contribution in [0.15, 0.2) is 48.5 Å². The summed E-state index contributed by atoms with van der Waals surface area (Å²) in [6, 6.07) is 13.1. The van der Waals surface area contributed by atoms with Gasteiger partial charge in [-0.3, -0.25) is 14.4 Å². The van der Waals surface area contributed by atoms with Gasteiger partial charge in [0, 0.05) is 29.6 Å². The van der Waals surface area contributed by atoms with Gasteiger partial charge in [0.15, 0.2) is 0 Å². The Kier molecular flexibility index (Phi) is 8.02. The molecule has 2 aromatic rings. The number of nitrogens with one attached hydrogen (secondary N) is 3. The number of anilines is 1. The van der Waals surface area contributed by atoms with Crippen LogP contribution in [0.25, 0.3) is 0 Å². The third-order valence-electron chi connectivity index (χ3n) is 3.94. The highest BCUT2D eigenvalue weighted by atomic mass is 35.5. The lowest BCUT2D eigenvalue weighted by Crippen LogP contribution is -2.35. The van der Waals surface area contributed by atoms with E-state index in [-0.39, 0.29) is 30.2 Å². The summed E-state index contributed by atoms with van der Waals surface area (Å²) in [5.74, 6) is -0.852. The summed E-state index contributed by atoms with van der Waals surface area (Å²) in [5, 5.41) is 8.69. The minimum absolute atomic E-state index is 0.0567. The van der Waals surface area contributed by atoms with Gasteiger partial charge in [-0.05, 0) is 43.7 Å². The molecule has 0 aliphatic rings. The van der Waals surface area contributed by atoms with Gasteiger partial charge in [-0.25, -0.2) is 0 Å². The largest absolute Gasteiger partial charge is 0.352 e. The van der Waals surface area contributed by atoms with Gasteiger partial charge in [0.25, 0.3) is 11.8 Å². The fourth-order valence-electron chi connectivity index (χ4n) is 2.58. The lowest BCUT2D eigenvalue weighted by Gasteiger charge is -2.15. The Bertz CT molecular complexity index is 840. The molecule has 0 aliphatic carbocycles. The molecule has 2 rings (SSSR count). The molecule has 0 fully saturated rings. The van der Waals surface area contributed by atoms with Gasteiger partial charge in [-0.15, -0.1) is 0 Å². The average molecular weight is 402 g/mol. The predicted octanol–water partition coefficient (Wildman–Crippen LogP) is 3.63. The second-order valence-electron chi connectivity index (χ2n) is 6.44. The van der Waals surface area contributed by atoms with Crippen molar-refractivity contribution in [3.63, 3.8) is 0 Å². The fourth-order valence-corrected chi connectivity index (χ4v) is 2.75. The SMILES string of the molecule is CCCNC(=O)c1ccc(Cl)cc1NC(=O)CC(C)NC(=O)c1ccccc1. The molecule has 0 aliphatic heterocycles. The van der Waals surface area contributed by atoms with Gasteiger partial charge in [-0.1, -0.05) is 36.7 Å². The maximum absolute atomic E-state index is 12.4. The van der Waals surface area contributed by atoms with E-state index in [0.29, 0.717) is 28.4 Å². The number of hydrogen-bond donors (Lipinski definition) is 3. The second kappa shape index (κ2) is 10.5. The summed E-state index contributed by atoms with van der Waals surface area (Å²) < 4.78 is 0. The summed E-state index contributed by atoms with van der Waals surface area (Å²) in [5.41, 5.74) is 1.21. The van der Waals surface area contributed by atoms with Crippen LogP contribution in [-0.2, 0) is 4.79 Å². The average Bonchev–Trinajstić information content (AvgIpc) is 2.66. The van der Waals surface area contributed by atoms with Crippen molar-refractivity contribution in [3.05, 3.63) is 64.7 Å². The van der Waals surface area contributed by atoms with E-state index in [2.05, 4.69) is 16.0 Å². The van der Waals surface area contributed by atoms with Crippen molar-refractivity contribution >= 4 is 35.0 Å². The molecule has 1 atom stereocenters. The van der Waals surface area contributed by atoms with Crippen molar-refractivity contribution in [2.24, 2.45) is 0 Å². The Balaban J connectivity index is 1.99. The first-order valence-electron chi connectivity index (χ1n) is 9.14. The number of hydrogen-bond acceptors (Lipinski definition) is 3. The van der Waals surface area contributed by atoms with Crippen LogP contribution in [0.3, 0.4) is 0 Å². The van der Waals surface area contributed by atoms with E-state index < -0.39 is 0 Å². The molecule has 3 N–H and O–H groups in total. The molecule has 0 bridgehead atoms. The molecule has 1 unspecified atom stereocenters. The highest BCUT2D eigenvalue weighted by Crippen LogP contribution is 2.21. The second-order valence-corrected chi connectivity index (χ2v) is 6.88. The van der Waals surface area contributed by atoms with Crippen LogP contribution in [-0.4, -0.2) is 30.3 Å². The molecule has 0 heterocycles. The third-order valence-corrected chi connectivity index (χ3v) is 4.18. The monoisotopic (exact) mass is 401 g/mol. The molecule has 0 aromatic heterocycles. The van der Waals surface area contributed by atoms with Crippen molar-refractivity contribution in [1.82, 2.24) is 10.6 Å². The summed E-state index contributed by atoms with van der Waals surface area (Å²) in [6.45, 7) is 4.24. The molecular formula is C21H24ClN3O3. The lowest BCUT2D eigenvalue weighted by atomic mass is 10.1. The first kappa shape index (κ1) is 21.4. The Hall–Kier alpha value is -2.86. The standard InChI is InChI=1S/C21H24ClN3O3/c1-3-11-23-21(28)17-10-9-16(22)13-18(17)25-19(26)12-14(2)24-20(27)15-7-5-4-6-8-15/h4-10,13-14H,3,11-12H2,1-2H3,(H,23,28)(H,24,27)(H,25,26). The van der Waals surface area contributed by atoms with Crippen LogP contribution in [0.4, 0.5) is 5.69 Å². The van der Waals surface area contributed by atoms with Gasteiger partial charge in [0.2, 0.25) is 5.91 Å². The number of carbonyl (C=O) groups is 3. The molecule has 0 saturated carbocycles. The highest BCUT2D eigenvalue weighted by Gasteiger charge is 2.17. The Labute approximate surface area is 169 Å².